The van der Waals surface area contributed by atoms with Gasteiger partial charge >= 0.3 is 5.97 Å². The number of amides is 3. The van der Waals surface area contributed by atoms with Crippen molar-refractivity contribution >= 4 is 35.1 Å². The Balaban J connectivity index is 1.18. The van der Waals surface area contributed by atoms with Crippen LogP contribution in [0.15, 0.2) is 60.7 Å². The zero-order valence-corrected chi connectivity index (χ0v) is 17.9. The van der Waals surface area contributed by atoms with Gasteiger partial charge in [-0.3, -0.25) is 19.3 Å². The molecule has 7 nitrogen and oxygen atoms in total. The molecule has 3 fully saturated rings. The smallest absolute Gasteiger partial charge is 0.337 e. The van der Waals surface area contributed by atoms with Gasteiger partial charge in [0.1, 0.15) is 0 Å². The van der Waals surface area contributed by atoms with Crippen molar-refractivity contribution in [2.75, 3.05) is 17.3 Å². The molecule has 1 heterocycles. The summed E-state index contributed by atoms with van der Waals surface area (Å²) in [6.45, 7) is 0. The molecule has 2 saturated carbocycles. The van der Waals surface area contributed by atoms with E-state index >= 15 is 0 Å². The third-order valence-electron chi connectivity index (χ3n) is 7.61. The Bertz CT molecular complexity index is 1180. The van der Waals surface area contributed by atoms with Crippen LogP contribution in [-0.4, -0.2) is 30.8 Å². The number of methoxy groups -OCH3 is 1. The molecule has 7 heteroatoms. The van der Waals surface area contributed by atoms with Crippen molar-refractivity contribution in [3.8, 4) is 0 Å². The third kappa shape index (κ3) is 2.95. The standard InChI is InChI=1S/C26H22N2O5/c1-33-26(32)14-2-6-15(7-3-14)27-23(29)13-4-8-16(9-5-13)28-24(30)21-17-10-11-18(20-12-19(17)20)22(21)25(28)31/h2-11,17-22H,12H2,1H3,(H,27,29)/t17-,18-,19-,20+,21-,22+/m0/s1. The first-order valence-corrected chi connectivity index (χ1v) is 11.1. The highest BCUT2D eigenvalue weighted by atomic mass is 16.5. The maximum atomic E-state index is 13.2. The van der Waals surface area contributed by atoms with Gasteiger partial charge in [-0.15, -0.1) is 0 Å². The summed E-state index contributed by atoms with van der Waals surface area (Å²) in [5, 5.41) is 2.77. The Hall–Kier alpha value is -3.74. The first-order valence-electron chi connectivity index (χ1n) is 11.1. The molecule has 0 aromatic heterocycles. The maximum absolute atomic E-state index is 13.2. The van der Waals surface area contributed by atoms with Gasteiger partial charge in [0.25, 0.3) is 5.91 Å². The van der Waals surface area contributed by atoms with Gasteiger partial charge in [0.2, 0.25) is 11.8 Å². The number of allylic oxidation sites excluding steroid dienone is 2. The predicted octanol–water partition coefficient (Wildman–Crippen LogP) is 3.28. The van der Waals surface area contributed by atoms with Crippen LogP contribution in [-0.2, 0) is 14.3 Å². The molecule has 1 aliphatic heterocycles. The van der Waals surface area contributed by atoms with Gasteiger partial charge in [-0.25, -0.2) is 4.79 Å². The van der Waals surface area contributed by atoms with Gasteiger partial charge in [-0.2, -0.15) is 0 Å². The Morgan fingerprint density at radius 3 is 1.94 bits per heavy atom. The van der Waals surface area contributed by atoms with E-state index in [0.717, 1.165) is 6.42 Å². The molecule has 0 spiro atoms. The molecule has 6 atom stereocenters. The van der Waals surface area contributed by atoms with Crippen molar-refractivity contribution in [2.45, 2.75) is 6.42 Å². The fourth-order valence-electron chi connectivity index (χ4n) is 5.98. The van der Waals surface area contributed by atoms with Crippen LogP contribution in [0.3, 0.4) is 0 Å². The van der Waals surface area contributed by atoms with Crippen LogP contribution in [0.5, 0.6) is 0 Å². The van der Waals surface area contributed by atoms with Crippen molar-refractivity contribution in [1.82, 2.24) is 0 Å². The molecule has 4 aliphatic carbocycles. The topological polar surface area (TPSA) is 92.8 Å². The van der Waals surface area contributed by atoms with Gasteiger partial charge in [0, 0.05) is 11.3 Å². The van der Waals surface area contributed by atoms with Crippen molar-refractivity contribution in [1.29, 1.82) is 0 Å². The second-order valence-electron chi connectivity index (χ2n) is 9.24. The van der Waals surface area contributed by atoms with E-state index in [1.165, 1.54) is 12.0 Å². The van der Waals surface area contributed by atoms with Gasteiger partial charge in [0.15, 0.2) is 0 Å². The number of nitrogens with one attached hydrogen (secondary N) is 1. The number of carbonyl (C=O) groups is 4. The molecule has 3 amide bonds. The minimum Gasteiger partial charge on any atom is -0.465 e. The van der Waals surface area contributed by atoms with Crippen LogP contribution in [0.1, 0.15) is 27.1 Å². The van der Waals surface area contributed by atoms with Crippen molar-refractivity contribution < 1.29 is 23.9 Å². The molecule has 166 valence electrons. The number of rotatable bonds is 4. The molecule has 0 radical (unpaired) electrons. The predicted molar refractivity (Wildman–Crippen MR) is 119 cm³/mol. The Labute approximate surface area is 190 Å². The summed E-state index contributed by atoms with van der Waals surface area (Å²) in [6, 6.07) is 12.9. The molecular weight excluding hydrogens is 420 g/mol. The Morgan fingerprint density at radius 1 is 0.848 bits per heavy atom. The van der Waals surface area contributed by atoms with Crippen molar-refractivity contribution in [3.63, 3.8) is 0 Å². The van der Waals surface area contributed by atoms with E-state index < -0.39 is 5.97 Å². The molecular formula is C26H22N2O5. The lowest BCUT2D eigenvalue weighted by Crippen LogP contribution is -2.40. The maximum Gasteiger partial charge on any atom is 0.337 e. The molecule has 2 bridgehead atoms. The Morgan fingerprint density at radius 2 is 1.39 bits per heavy atom. The van der Waals surface area contributed by atoms with Gasteiger partial charge in [-0.05, 0) is 78.6 Å². The fourth-order valence-corrected chi connectivity index (χ4v) is 5.98. The van der Waals surface area contributed by atoms with E-state index in [0.29, 0.717) is 34.3 Å². The molecule has 2 aromatic rings. The number of imide groups is 1. The lowest BCUT2D eigenvalue weighted by molar-refractivity contribution is -0.124. The monoisotopic (exact) mass is 442 g/mol. The lowest BCUT2D eigenvalue weighted by Gasteiger charge is -2.37. The van der Waals surface area contributed by atoms with E-state index in [1.54, 1.807) is 48.5 Å². The van der Waals surface area contributed by atoms with E-state index in [4.69, 9.17) is 0 Å². The summed E-state index contributed by atoms with van der Waals surface area (Å²) in [5.74, 6) is -0.00676. The number of carbonyl (C=O) groups excluding carboxylic acids is 4. The largest absolute Gasteiger partial charge is 0.465 e. The Kier molecular flexibility index (Phi) is 4.30. The SMILES string of the molecule is COC(=O)c1ccc(NC(=O)c2ccc(N3C(=O)[C@@H]4[C@H]5C=C[C@@H]([C@@H]6C[C@H]56)[C@@H]4C3=O)cc2)cc1. The third-order valence-corrected chi connectivity index (χ3v) is 7.61. The second kappa shape index (κ2) is 7.13. The van der Waals surface area contributed by atoms with Gasteiger partial charge in [-0.1, -0.05) is 12.2 Å². The highest BCUT2D eigenvalue weighted by molar-refractivity contribution is 6.22. The number of esters is 1. The average Bonchev–Trinajstić information content (AvgIpc) is 3.62. The first-order chi connectivity index (χ1) is 16.0. The summed E-state index contributed by atoms with van der Waals surface area (Å²) >= 11 is 0. The summed E-state index contributed by atoms with van der Waals surface area (Å²) < 4.78 is 4.67. The fraction of sp³-hybridized carbons (Fsp3) is 0.308. The number of benzene rings is 2. The summed E-state index contributed by atoms with van der Waals surface area (Å²) in [5.41, 5.74) is 1.83. The van der Waals surface area contributed by atoms with Gasteiger partial charge in [0.05, 0.1) is 30.2 Å². The minimum atomic E-state index is -0.449. The zero-order chi connectivity index (χ0) is 22.9. The normalized spacial score (nSPS) is 30.6. The minimum absolute atomic E-state index is 0.113. The van der Waals surface area contributed by atoms with E-state index in [-0.39, 0.29) is 41.4 Å². The van der Waals surface area contributed by atoms with Crippen LogP contribution in [0.2, 0.25) is 0 Å². The molecule has 33 heavy (non-hydrogen) atoms. The van der Waals surface area contributed by atoms with Gasteiger partial charge < -0.3 is 10.1 Å². The quantitative estimate of drug-likeness (QED) is 0.446. The number of nitrogens with zero attached hydrogens (tertiary/aromatic N) is 1. The summed E-state index contributed by atoms with van der Waals surface area (Å²) in [7, 11) is 1.31. The zero-order valence-electron chi connectivity index (χ0n) is 17.9. The first kappa shape index (κ1) is 19.9. The molecule has 1 saturated heterocycles. The highest BCUT2D eigenvalue weighted by Crippen LogP contribution is 2.65. The van der Waals surface area contributed by atoms with Crippen LogP contribution in [0, 0.1) is 35.5 Å². The molecule has 0 unspecified atom stereocenters. The summed E-state index contributed by atoms with van der Waals surface area (Å²) in [6.07, 6.45) is 5.44. The van der Waals surface area contributed by atoms with E-state index in [9.17, 15) is 19.2 Å². The molecule has 7 rings (SSSR count). The van der Waals surface area contributed by atoms with Crippen molar-refractivity contribution in [2.24, 2.45) is 35.5 Å². The highest BCUT2D eigenvalue weighted by Gasteiger charge is 2.67. The number of ether oxygens (including phenoxy) is 1. The lowest BCUT2D eigenvalue weighted by atomic mass is 9.63. The van der Waals surface area contributed by atoms with Crippen LogP contribution in [0.25, 0.3) is 0 Å². The molecule has 2 aromatic carbocycles. The number of hydrogen-bond donors (Lipinski definition) is 1. The van der Waals surface area contributed by atoms with E-state index in [2.05, 4.69) is 22.2 Å². The van der Waals surface area contributed by atoms with Crippen LogP contribution >= 0.6 is 0 Å². The average molecular weight is 442 g/mol. The molecule has 5 aliphatic rings. The second-order valence-corrected chi connectivity index (χ2v) is 9.24. The van der Waals surface area contributed by atoms with Crippen LogP contribution in [0.4, 0.5) is 11.4 Å². The number of anilines is 2. The van der Waals surface area contributed by atoms with E-state index in [1.807, 2.05) is 0 Å². The summed E-state index contributed by atoms with van der Waals surface area (Å²) in [4.78, 5) is 51.9. The van der Waals surface area contributed by atoms with Crippen molar-refractivity contribution in [3.05, 3.63) is 71.8 Å². The molecule has 1 N–H and O–H groups in total. The number of hydrogen-bond acceptors (Lipinski definition) is 5. The van der Waals surface area contributed by atoms with Crippen LogP contribution < -0.4 is 10.2 Å².